The number of hydrogen-bond donors (Lipinski definition) is 1. The van der Waals surface area contributed by atoms with Crippen LogP contribution in [0.15, 0.2) is 36.6 Å². The number of amides is 1. The Bertz CT molecular complexity index is 217. The smallest absolute Gasteiger partial charge is 0.243 e. The van der Waals surface area contributed by atoms with Crippen molar-refractivity contribution in [1.82, 2.24) is 5.32 Å². The third-order valence-electron chi connectivity index (χ3n) is 1.16. The van der Waals surface area contributed by atoms with Gasteiger partial charge in [-0.3, -0.25) is 4.79 Å². The van der Waals surface area contributed by atoms with E-state index in [1.807, 2.05) is 0 Å². The third kappa shape index (κ3) is 4.33. The Morgan fingerprint density at radius 1 is 1.50 bits per heavy atom. The molecular formula is C9H13NO2. The van der Waals surface area contributed by atoms with E-state index in [2.05, 4.69) is 11.9 Å². The first-order chi connectivity index (χ1) is 5.74. The zero-order valence-corrected chi connectivity index (χ0v) is 7.33. The zero-order chi connectivity index (χ0) is 9.40. The molecule has 0 unspecified atom stereocenters. The summed E-state index contributed by atoms with van der Waals surface area (Å²) in [4.78, 5) is 10.7. The molecule has 0 rings (SSSR count). The van der Waals surface area contributed by atoms with Gasteiger partial charge in [0.15, 0.2) is 0 Å². The summed E-state index contributed by atoms with van der Waals surface area (Å²) in [6.45, 7) is 3.50. The van der Waals surface area contributed by atoms with Crippen LogP contribution in [0.3, 0.4) is 0 Å². The molecule has 0 aliphatic carbocycles. The van der Waals surface area contributed by atoms with Crippen molar-refractivity contribution in [3.05, 3.63) is 36.6 Å². The van der Waals surface area contributed by atoms with Gasteiger partial charge in [0.1, 0.15) is 5.76 Å². The Morgan fingerprint density at radius 2 is 2.17 bits per heavy atom. The summed E-state index contributed by atoms with van der Waals surface area (Å²) in [5, 5.41) is 2.45. The van der Waals surface area contributed by atoms with Gasteiger partial charge >= 0.3 is 0 Å². The van der Waals surface area contributed by atoms with E-state index in [4.69, 9.17) is 4.74 Å². The van der Waals surface area contributed by atoms with Gasteiger partial charge in [-0.2, -0.15) is 0 Å². The van der Waals surface area contributed by atoms with E-state index in [1.54, 1.807) is 25.3 Å². The van der Waals surface area contributed by atoms with Crippen LogP contribution < -0.4 is 5.32 Å². The highest BCUT2D eigenvalue weighted by Gasteiger charge is 1.90. The minimum Gasteiger partial charge on any atom is -0.497 e. The first kappa shape index (κ1) is 10.5. The fourth-order valence-corrected chi connectivity index (χ4v) is 0.549. The Balaban J connectivity index is 4.19. The monoisotopic (exact) mass is 167 g/mol. The fourth-order valence-electron chi connectivity index (χ4n) is 0.549. The molecule has 0 saturated heterocycles. The van der Waals surface area contributed by atoms with Crippen LogP contribution in [0.1, 0.15) is 0 Å². The maximum atomic E-state index is 10.7. The number of carbonyl (C=O) groups excluding carboxylic acids is 1. The normalized spacial score (nSPS) is 11.3. The average molecular weight is 167 g/mol. The predicted octanol–water partition coefficient (Wildman–Crippen LogP) is 1.00. The average Bonchev–Trinajstić information content (AvgIpc) is 2.11. The number of carbonyl (C=O) groups is 1. The molecule has 3 heteroatoms. The zero-order valence-electron chi connectivity index (χ0n) is 7.33. The summed E-state index contributed by atoms with van der Waals surface area (Å²) in [5.41, 5.74) is 0. The van der Waals surface area contributed by atoms with Gasteiger partial charge in [0.05, 0.1) is 7.11 Å². The predicted molar refractivity (Wildman–Crippen MR) is 48.5 cm³/mol. The molecule has 0 aliphatic rings. The number of allylic oxidation sites excluding steroid dienone is 3. The second kappa shape index (κ2) is 6.22. The lowest BCUT2D eigenvalue weighted by atomic mass is 10.3. The fraction of sp³-hybridized carbons (Fsp3) is 0.222. The Labute approximate surface area is 72.4 Å². The number of ether oxygens (including phenoxy) is 1. The third-order valence-corrected chi connectivity index (χ3v) is 1.16. The van der Waals surface area contributed by atoms with Gasteiger partial charge in [-0.05, 0) is 12.2 Å². The summed E-state index contributed by atoms with van der Waals surface area (Å²) >= 11 is 0. The quantitative estimate of drug-likeness (QED) is 0.385. The highest BCUT2D eigenvalue weighted by atomic mass is 16.5. The maximum absolute atomic E-state index is 10.7. The highest BCUT2D eigenvalue weighted by molar-refractivity contribution is 5.87. The second-order valence-corrected chi connectivity index (χ2v) is 1.96. The number of rotatable bonds is 4. The topological polar surface area (TPSA) is 38.3 Å². The number of methoxy groups -OCH3 is 1. The van der Waals surface area contributed by atoms with Crippen molar-refractivity contribution in [3.8, 4) is 0 Å². The maximum Gasteiger partial charge on any atom is 0.243 e. The summed E-state index contributed by atoms with van der Waals surface area (Å²) < 4.78 is 4.91. The summed E-state index contributed by atoms with van der Waals surface area (Å²) in [5.74, 6) is 0.426. The molecule has 0 spiro atoms. The summed E-state index contributed by atoms with van der Waals surface area (Å²) in [6.07, 6.45) is 6.21. The largest absolute Gasteiger partial charge is 0.497 e. The van der Waals surface area contributed by atoms with E-state index in [1.165, 1.54) is 13.2 Å². The van der Waals surface area contributed by atoms with Crippen LogP contribution in [-0.4, -0.2) is 20.1 Å². The van der Waals surface area contributed by atoms with Gasteiger partial charge < -0.3 is 10.1 Å². The lowest BCUT2D eigenvalue weighted by Gasteiger charge is -1.97. The number of likely N-dealkylation sites (N-methyl/N-ethyl adjacent to an activating group) is 1. The van der Waals surface area contributed by atoms with E-state index < -0.39 is 0 Å². The summed E-state index contributed by atoms with van der Waals surface area (Å²) in [7, 11) is 3.10. The second-order valence-electron chi connectivity index (χ2n) is 1.96. The van der Waals surface area contributed by atoms with Crippen LogP contribution in [0.25, 0.3) is 0 Å². The van der Waals surface area contributed by atoms with Crippen LogP contribution in [-0.2, 0) is 9.53 Å². The molecule has 1 amide bonds. The molecule has 12 heavy (non-hydrogen) atoms. The lowest BCUT2D eigenvalue weighted by Crippen LogP contribution is -2.14. The van der Waals surface area contributed by atoms with Crippen molar-refractivity contribution in [2.45, 2.75) is 0 Å². The minimum atomic E-state index is -0.165. The van der Waals surface area contributed by atoms with Gasteiger partial charge in [-0.1, -0.05) is 12.7 Å². The molecule has 0 saturated carbocycles. The van der Waals surface area contributed by atoms with Crippen molar-refractivity contribution < 1.29 is 9.53 Å². The van der Waals surface area contributed by atoms with Gasteiger partial charge in [0, 0.05) is 13.1 Å². The molecule has 0 aromatic rings. The molecular weight excluding hydrogens is 154 g/mol. The first-order valence-electron chi connectivity index (χ1n) is 3.51. The SMILES string of the molecule is C=C/C=C(/C=C/C(=O)NC)OC. The van der Waals surface area contributed by atoms with Gasteiger partial charge in [-0.25, -0.2) is 0 Å². The van der Waals surface area contributed by atoms with Crippen LogP contribution in [0.5, 0.6) is 0 Å². The van der Waals surface area contributed by atoms with Crippen molar-refractivity contribution in [2.75, 3.05) is 14.2 Å². The van der Waals surface area contributed by atoms with Crippen molar-refractivity contribution in [2.24, 2.45) is 0 Å². The standard InChI is InChI=1S/C9H13NO2/c1-4-5-8(12-3)6-7-9(11)10-2/h4-7H,1H2,2-3H3,(H,10,11)/b7-6+,8-5-. The van der Waals surface area contributed by atoms with Crippen LogP contribution >= 0.6 is 0 Å². The molecule has 0 aliphatic heterocycles. The van der Waals surface area contributed by atoms with Crippen LogP contribution in [0.4, 0.5) is 0 Å². The van der Waals surface area contributed by atoms with Crippen molar-refractivity contribution >= 4 is 5.91 Å². The number of hydrogen-bond acceptors (Lipinski definition) is 2. The van der Waals surface area contributed by atoms with Crippen LogP contribution in [0, 0.1) is 0 Å². The molecule has 66 valence electrons. The van der Waals surface area contributed by atoms with Gasteiger partial charge in [0.25, 0.3) is 0 Å². The van der Waals surface area contributed by atoms with E-state index in [0.717, 1.165) is 0 Å². The van der Waals surface area contributed by atoms with Gasteiger partial charge in [0.2, 0.25) is 5.91 Å². The Morgan fingerprint density at radius 3 is 2.58 bits per heavy atom. The molecule has 0 aromatic heterocycles. The summed E-state index contributed by atoms with van der Waals surface area (Å²) in [6, 6.07) is 0. The van der Waals surface area contributed by atoms with Gasteiger partial charge in [-0.15, -0.1) is 0 Å². The van der Waals surface area contributed by atoms with Crippen molar-refractivity contribution in [3.63, 3.8) is 0 Å². The molecule has 3 nitrogen and oxygen atoms in total. The van der Waals surface area contributed by atoms with E-state index >= 15 is 0 Å². The molecule has 0 bridgehead atoms. The molecule has 0 radical (unpaired) electrons. The van der Waals surface area contributed by atoms with E-state index in [0.29, 0.717) is 5.76 Å². The minimum absolute atomic E-state index is 0.165. The van der Waals surface area contributed by atoms with Crippen LogP contribution in [0.2, 0.25) is 0 Å². The van der Waals surface area contributed by atoms with Crippen molar-refractivity contribution in [1.29, 1.82) is 0 Å². The van der Waals surface area contributed by atoms with E-state index in [-0.39, 0.29) is 5.91 Å². The molecule has 0 aromatic carbocycles. The Kier molecular flexibility index (Phi) is 5.43. The molecule has 0 fully saturated rings. The first-order valence-corrected chi connectivity index (χ1v) is 3.51. The number of nitrogens with one attached hydrogen (secondary N) is 1. The lowest BCUT2D eigenvalue weighted by molar-refractivity contribution is -0.116. The molecule has 0 heterocycles. The highest BCUT2D eigenvalue weighted by Crippen LogP contribution is 1.96. The van der Waals surface area contributed by atoms with E-state index in [9.17, 15) is 4.79 Å². The molecule has 0 atom stereocenters. The molecule has 1 N–H and O–H groups in total. The Hall–Kier alpha value is -1.51.